The maximum absolute atomic E-state index is 10.9. The Hall–Kier alpha value is -2.35. The van der Waals surface area contributed by atoms with Crippen LogP contribution in [0.3, 0.4) is 0 Å². The van der Waals surface area contributed by atoms with E-state index in [0.717, 1.165) is 54.2 Å². The van der Waals surface area contributed by atoms with Crippen molar-refractivity contribution in [1.82, 2.24) is 10.3 Å². The molecule has 4 N–H and O–H groups in total. The molecule has 7 nitrogen and oxygen atoms in total. The van der Waals surface area contributed by atoms with Gasteiger partial charge >= 0.3 is 0 Å². The lowest BCUT2D eigenvalue weighted by atomic mass is 9.73. The highest BCUT2D eigenvalue weighted by Crippen LogP contribution is 2.48. The van der Waals surface area contributed by atoms with Gasteiger partial charge < -0.3 is 30.4 Å². The van der Waals surface area contributed by atoms with E-state index < -0.39 is 12.1 Å². The molecule has 0 amide bonds. The van der Waals surface area contributed by atoms with E-state index in [0.29, 0.717) is 13.0 Å². The number of pyridine rings is 1. The lowest BCUT2D eigenvalue weighted by Crippen LogP contribution is -2.51. The zero-order valence-corrected chi connectivity index (χ0v) is 20.5. The Balaban J connectivity index is 1.26. The van der Waals surface area contributed by atoms with Crippen molar-refractivity contribution in [2.45, 2.75) is 83.1 Å². The molecule has 0 radical (unpaired) electrons. The van der Waals surface area contributed by atoms with Crippen molar-refractivity contribution in [3.8, 4) is 17.4 Å². The summed E-state index contributed by atoms with van der Waals surface area (Å²) in [6.07, 6.45) is 6.98. The van der Waals surface area contributed by atoms with Gasteiger partial charge in [0.25, 0.3) is 0 Å². The molecular weight excluding hydrogens is 430 g/mol. The van der Waals surface area contributed by atoms with Crippen LogP contribution < -0.4 is 25.3 Å². The monoisotopic (exact) mass is 467 g/mol. The fourth-order valence-electron chi connectivity index (χ4n) is 5.24. The van der Waals surface area contributed by atoms with Crippen molar-refractivity contribution in [1.29, 1.82) is 0 Å². The van der Waals surface area contributed by atoms with Crippen LogP contribution in [0, 0.1) is 5.41 Å². The van der Waals surface area contributed by atoms with Crippen LogP contribution in [-0.4, -0.2) is 41.2 Å². The molecule has 2 aliphatic heterocycles. The van der Waals surface area contributed by atoms with Gasteiger partial charge in [-0.05, 0) is 66.8 Å². The molecule has 1 aromatic carbocycles. The number of hydrogen-bond acceptors (Lipinski definition) is 7. The standard InChI is InChI=1S/C27H37N3O4/c1-26(2,3)12-18-9-19-21(13-27(7-4-8-27)34-25(19)30-14-18)29-15-22(31)20(28)10-17-5-6-23-24(11-17)33-16-32-23/h5-6,9,11,14,20-22,29,31H,4,7-8,10,12-13,15-16,28H2,1-3H3/t20-,21-,22+/m0/s1. The minimum absolute atomic E-state index is 0.0869. The van der Waals surface area contributed by atoms with Crippen LogP contribution in [0.25, 0.3) is 0 Å². The lowest BCUT2D eigenvalue weighted by molar-refractivity contribution is -0.0420. The van der Waals surface area contributed by atoms with Gasteiger partial charge in [-0.3, -0.25) is 0 Å². The largest absolute Gasteiger partial charge is 0.471 e. The van der Waals surface area contributed by atoms with E-state index in [2.05, 4.69) is 32.2 Å². The maximum Gasteiger partial charge on any atom is 0.231 e. The third-order valence-electron chi connectivity index (χ3n) is 7.18. The van der Waals surface area contributed by atoms with E-state index in [-0.39, 0.29) is 23.9 Å². The Morgan fingerprint density at radius 1 is 1.18 bits per heavy atom. The first-order valence-electron chi connectivity index (χ1n) is 12.4. The van der Waals surface area contributed by atoms with Crippen LogP contribution in [0.1, 0.15) is 69.2 Å². The highest BCUT2D eigenvalue weighted by molar-refractivity contribution is 5.44. The van der Waals surface area contributed by atoms with Gasteiger partial charge in [-0.2, -0.15) is 0 Å². The minimum Gasteiger partial charge on any atom is -0.471 e. The Kier molecular flexibility index (Phi) is 6.21. The number of aliphatic hydroxyl groups is 1. The molecule has 5 rings (SSSR count). The number of nitrogens with two attached hydrogens (primary N) is 1. The molecule has 3 heterocycles. The summed E-state index contributed by atoms with van der Waals surface area (Å²) in [5.74, 6) is 2.22. The molecule has 0 bridgehead atoms. The Bertz CT molecular complexity index is 1030. The molecule has 1 spiro atoms. The summed E-state index contributed by atoms with van der Waals surface area (Å²) in [6, 6.07) is 7.74. The molecule has 34 heavy (non-hydrogen) atoms. The van der Waals surface area contributed by atoms with Crippen LogP contribution in [0.2, 0.25) is 0 Å². The number of ether oxygens (including phenoxy) is 3. The van der Waals surface area contributed by atoms with E-state index in [4.69, 9.17) is 24.9 Å². The molecule has 0 saturated heterocycles. The Labute approximate surface area is 202 Å². The lowest BCUT2D eigenvalue weighted by Gasteiger charge is -2.47. The third kappa shape index (κ3) is 5.02. The summed E-state index contributed by atoms with van der Waals surface area (Å²) in [7, 11) is 0. The van der Waals surface area contributed by atoms with Crippen molar-refractivity contribution >= 4 is 0 Å². The zero-order chi connectivity index (χ0) is 23.9. The first kappa shape index (κ1) is 23.4. The van der Waals surface area contributed by atoms with Crippen molar-refractivity contribution in [2.24, 2.45) is 11.1 Å². The summed E-state index contributed by atoms with van der Waals surface area (Å²) >= 11 is 0. The summed E-state index contributed by atoms with van der Waals surface area (Å²) in [5, 5.41) is 14.5. The fourth-order valence-corrected chi connectivity index (χ4v) is 5.24. The van der Waals surface area contributed by atoms with Crippen LogP contribution >= 0.6 is 0 Å². The molecule has 1 fully saturated rings. The first-order chi connectivity index (χ1) is 16.2. The van der Waals surface area contributed by atoms with Gasteiger partial charge in [-0.15, -0.1) is 0 Å². The van der Waals surface area contributed by atoms with Gasteiger partial charge in [0, 0.05) is 36.8 Å². The van der Waals surface area contributed by atoms with E-state index >= 15 is 0 Å². The minimum atomic E-state index is -0.681. The highest BCUT2D eigenvalue weighted by Gasteiger charge is 2.46. The van der Waals surface area contributed by atoms with E-state index in [1.54, 1.807) is 0 Å². The summed E-state index contributed by atoms with van der Waals surface area (Å²) in [5.41, 5.74) is 9.78. The quantitative estimate of drug-likeness (QED) is 0.571. The molecule has 7 heteroatoms. The number of fused-ring (bicyclic) bond motifs is 2. The van der Waals surface area contributed by atoms with Gasteiger partial charge in [0.15, 0.2) is 11.5 Å². The van der Waals surface area contributed by atoms with Gasteiger partial charge in [0.2, 0.25) is 12.7 Å². The molecular formula is C27H37N3O4. The molecule has 0 unspecified atom stereocenters. The Morgan fingerprint density at radius 3 is 2.71 bits per heavy atom. The highest BCUT2D eigenvalue weighted by atomic mass is 16.7. The van der Waals surface area contributed by atoms with Crippen LogP contribution in [0.4, 0.5) is 0 Å². The smallest absolute Gasteiger partial charge is 0.231 e. The van der Waals surface area contributed by atoms with Gasteiger partial charge in [0.1, 0.15) is 5.60 Å². The molecule has 3 aliphatic rings. The number of nitrogens with one attached hydrogen (secondary N) is 1. The Morgan fingerprint density at radius 2 is 1.97 bits per heavy atom. The van der Waals surface area contributed by atoms with E-state index in [1.807, 2.05) is 24.4 Å². The average Bonchev–Trinajstić information content (AvgIpc) is 3.23. The predicted molar refractivity (Wildman–Crippen MR) is 130 cm³/mol. The molecule has 1 aliphatic carbocycles. The van der Waals surface area contributed by atoms with Crippen molar-refractivity contribution in [3.05, 3.63) is 47.2 Å². The van der Waals surface area contributed by atoms with Gasteiger partial charge in [0.05, 0.1) is 6.10 Å². The topological polar surface area (TPSA) is 98.9 Å². The fraction of sp³-hybridized carbons (Fsp3) is 0.593. The number of nitrogens with zero attached hydrogens (tertiary/aromatic N) is 1. The van der Waals surface area contributed by atoms with Crippen molar-refractivity contribution in [3.63, 3.8) is 0 Å². The van der Waals surface area contributed by atoms with Gasteiger partial charge in [-0.1, -0.05) is 26.8 Å². The summed E-state index contributed by atoms with van der Waals surface area (Å²) in [4.78, 5) is 4.71. The maximum atomic E-state index is 10.9. The number of aromatic nitrogens is 1. The van der Waals surface area contributed by atoms with Crippen LogP contribution in [0.15, 0.2) is 30.5 Å². The number of rotatable bonds is 7. The molecule has 184 valence electrons. The predicted octanol–water partition coefficient (Wildman–Crippen LogP) is 3.67. The second-order valence-corrected chi connectivity index (χ2v) is 11.4. The second-order valence-electron chi connectivity index (χ2n) is 11.4. The van der Waals surface area contributed by atoms with Crippen LogP contribution in [0.5, 0.6) is 17.4 Å². The third-order valence-corrected chi connectivity index (χ3v) is 7.18. The molecule has 1 saturated carbocycles. The average molecular weight is 468 g/mol. The number of benzene rings is 1. The van der Waals surface area contributed by atoms with E-state index in [1.165, 1.54) is 12.0 Å². The first-order valence-corrected chi connectivity index (χ1v) is 12.4. The van der Waals surface area contributed by atoms with Gasteiger partial charge in [-0.25, -0.2) is 4.98 Å². The van der Waals surface area contributed by atoms with E-state index in [9.17, 15) is 5.11 Å². The van der Waals surface area contributed by atoms with Crippen LogP contribution in [-0.2, 0) is 12.8 Å². The molecule has 1 aromatic heterocycles. The summed E-state index contributed by atoms with van der Waals surface area (Å²) in [6.45, 7) is 7.37. The van der Waals surface area contributed by atoms with Crippen molar-refractivity contribution < 1.29 is 19.3 Å². The summed E-state index contributed by atoms with van der Waals surface area (Å²) < 4.78 is 17.2. The van der Waals surface area contributed by atoms with Crippen molar-refractivity contribution in [2.75, 3.05) is 13.3 Å². The number of aliphatic hydroxyl groups excluding tert-OH is 1. The zero-order valence-electron chi connectivity index (χ0n) is 20.5. The SMILES string of the molecule is CC(C)(C)Cc1cnc2c(c1)[C@@H](NC[C@@H](O)[C@@H](N)Cc1ccc3c(c1)OCO3)CC1(CCC1)O2. The molecule has 3 atom stereocenters. The number of hydrogen-bond donors (Lipinski definition) is 3. The molecule has 2 aromatic rings. The second kappa shape index (κ2) is 9.02. The normalized spacial score (nSPS) is 22.0.